The Morgan fingerprint density at radius 3 is 2.60 bits per heavy atom. The van der Waals surface area contributed by atoms with Crippen LogP contribution in [0.4, 0.5) is 0 Å². The number of benzene rings is 2. The van der Waals surface area contributed by atoms with E-state index in [0.717, 1.165) is 12.0 Å². The lowest BCUT2D eigenvalue weighted by Crippen LogP contribution is -2.47. The van der Waals surface area contributed by atoms with Gasteiger partial charge in [0, 0.05) is 18.7 Å². The van der Waals surface area contributed by atoms with Crippen LogP contribution < -0.4 is 5.32 Å². The summed E-state index contributed by atoms with van der Waals surface area (Å²) in [4.78, 5) is 17.2. The van der Waals surface area contributed by atoms with E-state index in [-0.39, 0.29) is 16.8 Å². The lowest BCUT2D eigenvalue weighted by molar-refractivity contribution is -0.124. The number of carbonyl (C=O) groups is 1. The normalized spacial score (nSPS) is 20.7. The van der Waals surface area contributed by atoms with Gasteiger partial charge in [-0.1, -0.05) is 42.5 Å². The predicted octanol–water partition coefficient (Wildman–Crippen LogP) is 2.02. The second-order valence-electron chi connectivity index (χ2n) is 7.87. The molecule has 158 valence electrons. The van der Waals surface area contributed by atoms with Crippen molar-refractivity contribution in [2.75, 3.05) is 27.2 Å². The smallest absolute Gasteiger partial charge is 0.285 e. The Kier molecular flexibility index (Phi) is 5.62. The van der Waals surface area contributed by atoms with Crippen molar-refractivity contribution in [3.8, 4) is 0 Å². The number of carbonyl (C=O) groups excluding carboxylic acids is 1. The zero-order chi connectivity index (χ0) is 21.3. The van der Waals surface area contributed by atoms with Gasteiger partial charge < -0.3 is 15.1 Å². The number of nitrogens with zero attached hydrogens (tertiary/aromatic N) is 3. The third-order valence-electron chi connectivity index (χ3n) is 5.72. The highest BCUT2D eigenvalue weighted by Crippen LogP contribution is 2.31. The van der Waals surface area contributed by atoms with Crippen LogP contribution in [-0.2, 0) is 14.8 Å². The fourth-order valence-electron chi connectivity index (χ4n) is 4.18. The largest absolute Gasteiger partial charge is 0.352 e. The van der Waals surface area contributed by atoms with Crippen molar-refractivity contribution in [2.24, 2.45) is 4.40 Å². The number of rotatable bonds is 5. The molecule has 2 aromatic rings. The van der Waals surface area contributed by atoms with Crippen molar-refractivity contribution in [1.29, 1.82) is 0 Å². The predicted molar refractivity (Wildman–Crippen MR) is 116 cm³/mol. The van der Waals surface area contributed by atoms with Crippen LogP contribution in [0.15, 0.2) is 63.9 Å². The molecule has 7 nitrogen and oxygen atoms in total. The summed E-state index contributed by atoms with van der Waals surface area (Å²) in [5.74, 6) is 0.287. The molecule has 2 atom stereocenters. The van der Waals surface area contributed by atoms with Crippen LogP contribution in [-0.4, -0.2) is 63.2 Å². The van der Waals surface area contributed by atoms with Crippen LogP contribution in [0.3, 0.4) is 0 Å². The Labute approximate surface area is 177 Å². The zero-order valence-electron chi connectivity index (χ0n) is 17.2. The highest BCUT2D eigenvalue weighted by atomic mass is 32.2. The number of nitrogens with one attached hydrogen (secondary N) is 1. The average Bonchev–Trinajstić information content (AvgIpc) is 3.31. The molecule has 1 saturated heterocycles. The first-order valence-electron chi connectivity index (χ1n) is 10.1. The first-order chi connectivity index (χ1) is 14.4. The van der Waals surface area contributed by atoms with Gasteiger partial charge in [-0.15, -0.1) is 4.40 Å². The van der Waals surface area contributed by atoms with E-state index in [2.05, 4.69) is 14.6 Å². The fourth-order valence-corrected chi connectivity index (χ4v) is 5.39. The van der Waals surface area contributed by atoms with Gasteiger partial charge >= 0.3 is 0 Å². The summed E-state index contributed by atoms with van der Waals surface area (Å²) in [6, 6.07) is 16.5. The Morgan fingerprint density at radius 2 is 1.87 bits per heavy atom. The van der Waals surface area contributed by atoms with Crippen LogP contribution in [0, 0.1) is 0 Å². The van der Waals surface area contributed by atoms with Crippen molar-refractivity contribution >= 4 is 21.8 Å². The summed E-state index contributed by atoms with van der Waals surface area (Å²) in [5.41, 5.74) is 1.71. The van der Waals surface area contributed by atoms with E-state index in [4.69, 9.17) is 0 Å². The fraction of sp³-hybridized carbons (Fsp3) is 0.364. The highest BCUT2D eigenvalue weighted by Gasteiger charge is 2.39. The molecule has 4 rings (SSSR count). The van der Waals surface area contributed by atoms with Gasteiger partial charge in [-0.05, 0) is 44.6 Å². The van der Waals surface area contributed by atoms with Gasteiger partial charge in [-0.25, -0.2) is 0 Å². The van der Waals surface area contributed by atoms with Gasteiger partial charge in [0.25, 0.3) is 10.0 Å². The SMILES string of the molecule is CN(C)C(CNC(=O)[C@@H]1CCCN1C1=NS(=O)(=O)c2ccccc21)c1ccccc1. The molecule has 0 radical (unpaired) electrons. The van der Waals surface area contributed by atoms with Crippen LogP contribution in [0.1, 0.15) is 30.0 Å². The Morgan fingerprint density at radius 1 is 1.17 bits per heavy atom. The van der Waals surface area contributed by atoms with Gasteiger partial charge in [-0.3, -0.25) is 4.79 Å². The van der Waals surface area contributed by atoms with Crippen molar-refractivity contribution in [3.63, 3.8) is 0 Å². The first-order valence-corrected chi connectivity index (χ1v) is 11.5. The lowest BCUT2D eigenvalue weighted by atomic mass is 10.1. The van der Waals surface area contributed by atoms with Gasteiger partial charge in [0.2, 0.25) is 5.91 Å². The molecule has 2 heterocycles. The van der Waals surface area contributed by atoms with Crippen LogP contribution in [0.25, 0.3) is 0 Å². The van der Waals surface area contributed by atoms with Gasteiger partial charge in [-0.2, -0.15) is 8.42 Å². The standard InChI is InChI=1S/C22H26N4O3S/c1-25(2)19(16-9-4-3-5-10-16)15-23-22(27)18-12-8-14-26(18)21-17-11-6-7-13-20(17)30(28,29)24-21/h3-7,9-11,13,18-19H,8,12,14-15H2,1-2H3,(H,23,27)/t18-,19?/m0/s1. The molecule has 1 amide bonds. The number of likely N-dealkylation sites (N-methyl/N-ethyl adjacent to an activating group) is 1. The molecule has 1 unspecified atom stereocenters. The molecule has 0 aromatic heterocycles. The highest BCUT2D eigenvalue weighted by molar-refractivity contribution is 7.90. The molecule has 1 N–H and O–H groups in total. The molecule has 2 aromatic carbocycles. The molecule has 0 spiro atoms. The minimum absolute atomic E-state index is 0.0509. The van der Waals surface area contributed by atoms with E-state index in [1.54, 1.807) is 24.3 Å². The third-order valence-corrected chi connectivity index (χ3v) is 7.04. The van der Waals surface area contributed by atoms with Crippen molar-refractivity contribution in [1.82, 2.24) is 15.1 Å². The van der Waals surface area contributed by atoms with Gasteiger partial charge in [0.1, 0.15) is 10.9 Å². The van der Waals surface area contributed by atoms with E-state index >= 15 is 0 Å². The summed E-state index contributed by atoms with van der Waals surface area (Å²) >= 11 is 0. The number of sulfonamides is 1. The molecule has 30 heavy (non-hydrogen) atoms. The van der Waals surface area contributed by atoms with Crippen LogP contribution in [0.5, 0.6) is 0 Å². The van der Waals surface area contributed by atoms with E-state index in [1.807, 2.05) is 49.3 Å². The Bertz CT molecular complexity index is 1070. The first kappa shape index (κ1) is 20.6. The van der Waals surface area contributed by atoms with E-state index in [1.165, 1.54) is 0 Å². The minimum Gasteiger partial charge on any atom is -0.352 e. The second-order valence-corrected chi connectivity index (χ2v) is 9.45. The molecule has 8 heteroatoms. The van der Waals surface area contributed by atoms with E-state index in [0.29, 0.717) is 30.9 Å². The number of hydrogen-bond acceptors (Lipinski definition) is 5. The van der Waals surface area contributed by atoms with E-state index in [9.17, 15) is 13.2 Å². The molecule has 2 aliphatic heterocycles. The topological polar surface area (TPSA) is 82.1 Å². The van der Waals surface area contributed by atoms with Gasteiger partial charge in [0.15, 0.2) is 5.84 Å². The number of amides is 1. The summed E-state index contributed by atoms with van der Waals surface area (Å²) in [6.07, 6.45) is 1.49. The molecule has 1 fully saturated rings. The van der Waals surface area contributed by atoms with Crippen molar-refractivity contribution in [3.05, 3.63) is 65.7 Å². The van der Waals surface area contributed by atoms with Crippen molar-refractivity contribution < 1.29 is 13.2 Å². The third kappa shape index (κ3) is 3.85. The summed E-state index contributed by atoms with van der Waals surface area (Å²) in [6.45, 7) is 1.08. The molecule has 0 aliphatic carbocycles. The Balaban J connectivity index is 1.51. The quantitative estimate of drug-likeness (QED) is 0.791. The maximum atomic E-state index is 13.1. The average molecular weight is 427 g/mol. The zero-order valence-corrected chi connectivity index (χ0v) is 18.0. The molecular weight excluding hydrogens is 400 g/mol. The summed E-state index contributed by atoms with van der Waals surface area (Å²) < 4.78 is 28.8. The monoisotopic (exact) mass is 426 g/mol. The number of amidine groups is 1. The second kappa shape index (κ2) is 8.20. The summed E-state index contributed by atoms with van der Waals surface area (Å²) in [7, 11) is 0.267. The summed E-state index contributed by atoms with van der Waals surface area (Å²) in [5, 5.41) is 3.08. The van der Waals surface area contributed by atoms with Gasteiger partial charge in [0.05, 0.1) is 6.04 Å². The maximum Gasteiger partial charge on any atom is 0.285 e. The molecule has 0 bridgehead atoms. The molecule has 0 saturated carbocycles. The molecule has 2 aliphatic rings. The van der Waals surface area contributed by atoms with Crippen molar-refractivity contribution in [2.45, 2.75) is 29.8 Å². The Hall–Kier alpha value is -2.71. The number of fused-ring (bicyclic) bond motifs is 1. The number of hydrogen-bond donors (Lipinski definition) is 1. The van der Waals surface area contributed by atoms with Crippen LogP contribution in [0.2, 0.25) is 0 Å². The molecular formula is C22H26N4O3S. The maximum absolute atomic E-state index is 13.1. The minimum atomic E-state index is -3.71. The van der Waals surface area contributed by atoms with E-state index < -0.39 is 16.1 Å². The van der Waals surface area contributed by atoms with Crippen LogP contribution >= 0.6 is 0 Å². The lowest BCUT2D eigenvalue weighted by Gasteiger charge is -2.28. The number of likely N-dealkylation sites (tertiary alicyclic amines) is 1.